The molecule has 0 bridgehead atoms. The third kappa shape index (κ3) is 3.23. The van der Waals surface area contributed by atoms with Crippen molar-refractivity contribution in [2.24, 2.45) is 0 Å². The van der Waals surface area contributed by atoms with Gasteiger partial charge in [0.25, 0.3) is 0 Å². The average molecular weight is 259 g/mol. The number of aromatic nitrogens is 1. The van der Waals surface area contributed by atoms with Crippen LogP contribution in [-0.4, -0.2) is 13.1 Å². The Morgan fingerprint density at radius 1 is 1.11 bits per heavy atom. The van der Waals surface area contributed by atoms with E-state index in [-0.39, 0.29) is 0 Å². The Morgan fingerprint density at radius 3 is 2.11 bits per heavy atom. The van der Waals surface area contributed by atoms with Crippen molar-refractivity contribution in [3.63, 3.8) is 0 Å². The monoisotopic (exact) mass is 259 g/mol. The number of nitrogens with zero attached hydrogens (tertiary/aromatic N) is 1. The number of pyridine rings is 1. The summed E-state index contributed by atoms with van der Waals surface area (Å²) in [5, 5.41) is 0.300. The smallest absolute Gasteiger partial charge is 0.138 e. The highest BCUT2D eigenvalue weighted by atomic mass is 28.3. The van der Waals surface area contributed by atoms with Gasteiger partial charge in [-0.1, -0.05) is 39.8 Å². The normalized spacial score (nSPS) is 12.0. The van der Waals surface area contributed by atoms with Crippen molar-refractivity contribution in [3.05, 3.63) is 28.6 Å². The summed E-state index contributed by atoms with van der Waals surface area (Å²) in [6.07, 6.45) is 0. The van der Waals surface area contributed by atoms with E-state index in [0.717, 1.165) is 11.4 Å². The average Bonchev–Trinajstić information content (AvgIpc) is 2.21. The first kappa shape index (κ1) is 15.0. The molecular formula is C16H25NSi. The molecule has 0 atom stereocenters. The third-order valence-corrected chi connectivity index (χ3v) is 8.65. The molecule has 1 nitrogen and oxygen atoms in total. The zero-order valence-corrected chi connectivity index (χ0v) is 14.0. The minimum atomic E-state index is -1.54. The second-order valence-corrected chi connectivity index (χ2v) is 11.7. The molecule has 0 aliphatic heterocycles. The van der Waals surface area contributed by atoms with Crippen molar-refractivity contribution >= 4 is 8.07 Å². The van der Waals surface area contributed by atoms with E-state index in [1.165, 1.54) is 11.1 Å². The van der Waals surface area contributed by atoms with E-state index in [9.17, 15) is 0 Å². The Balaban J connectivity index is 3.15. The molecule has 0 aliphatic rings. The summed E-state index contributed by atoms with van der Waals surface area (Å²) in [5.74, 6) is 3.30. The summed E-state index contributed by atoms with van der Waals surface area (Å²) in [6, 6.07) is 2.10. The maximum absolute atomic E-state index is 4.57. The molecule has 2 heteroatoms. The summed E-state index contributed by atoms with van der Waals surface area (Å²) < 4.78 is 0. The van der Waals surface area contributed by atoms with Crippen LogP contribution in [0.15, 0.2) is 6.07 Å². The zero-order valence-electron chi connectivity index (χ0n) is 13.0. The number of hydrogen-bond acceptors (Lipinski definition) is 1. The summed E-state index contributed by atoms with van der Waals surface area (Å²) >= 11 is 0. The highest BCUT2D eigenvalue weighted by Crippen LogP contribution is 2.35. The van der Waals surface area contributed by atoms with Crippen LogP contribution in [0.5, 0.6) is 0 Å². The first-order chi connectivity index (χ1) is 8.04. The van der Waals surface area contributed by atoms with Crippen LogP contribution in [0.1, 0.15) is 43.3 Å². The van der Waals surface area contributed by atoms with Crippen molar-refractivity contribution in [3.8, 4) is 11.5 Å². The molecule has 0 N–H and O–H groups in total. The van der Waals surface area contributed by atoms with Crippen molar-refractivity contribution in [2.75, 3.05) is 0 Å². The molecule has 0 saturated carbocycles. The van der Waals surface area contributed by atoms with E-state index in [0.29, 0.717) is 5.04 Å². The second-order valence-electron chi connectivity index (χ2n) is 6.66. The van der Waals surface area contributed by atoms with E-state index in [2.05, 4.69) is 77.2 Å². The quantitative estimate of drug-likeness (QED) is 0.497. The highest BCUT2D eigenvalue weighted by molar-refractivity contribution is 6.87. The van der Waals surface area contributed by atoms with Gasteiger partial charge in [0, 0.05) is 5.69 Å². The van der Waals surface area contributed by atoms with Gasteiger partial charge in [-0.25, -0.2) is 4.98 Å². The number of aryl methyl sites for hydroxylation is 2. The van der Waals surface area contributed by atoms with Crippen LogP contribution in [0.2, 0.25) is 18.1 Å². The van der Waals surface area contributed by atoms with Crippen LogP contribution < -0.4 is 0 Å². The summed E-state index contributed by atoms with van der Waals surface area (Å²) in [6.45, 7) is 17.8. The Labute approximate surface area is 113 Å². The summed E-state index contributed by atoms with van der Waals surface area (Å²) in [4.78, 5) is 4.57. The van der Waals surface area contributed by atoms with Gasteiger partial charge in [-0.3, -0.25) is 0 Å². The number of hydrogen-bond donors (Lipinski definition) is 0. The van der Waals surface area contributed by atoms with E-state index in [4.69, 9.17) is 0 Å². The van der Waals surface area contributed by atoms with Gasteiger partial charge in [-0.2, -0.15) is 0 Å². The molecule has 1 aromatic heterocycles. The molecule has 18 heavy (non-hydrogen) atoms. The molecule has 0 saturated heterocycles. The van der Waals surface area contributed by atoms with E-state index < -0.39 is 8.07 Å². The van der Waals surface area contributed by atoms with Crippen molar-refractivity contribution in [1.82, 2.24) is 4.98 Å². The largest absolute Gasteiger partial charge is 0.244 e. The van der Waals surface area contributed by atoms with Crippen molar-refractivity contribution < 1.29 is 0 Å². The molecular weight excluding hydrogens is 234 g/mol. The molecule has 0 amide bonds. The lowest BCUT2D eigenvalue weighted by molar-refractivity contribution is 0.731. The zero-order chi connectivity index (χ0) is 14.1. The Morgan fingerprint density at radius 2 is 1.67 bits per heavy atom. The second kappa shape index (κ2) is 4.89. The topological polar surface area (TPSA) is 12.9 Å². The summed E-state index contributed by atoms with van der Waals surface area (Å²) in [5.41, 5.74) is 8.08. The minimum Gasteiger partial charge on any atom is -0.244 e. The fourth-order valence-electron chi connectivity index (χ4n) is 1.37. The lowest BCUT2D eigenvalue weighted by Crippen LogP contribution is -2.35. The van der Waals surface area contributed by atoms with Gasteiger partial charge < -0.3 is 0 Å². The molecule has 0 fully saturated rings. The van der Waals surface area contributed by atoms with Gasteiger partial charge in [0.05, 0.1) is 0 Å². The Kier molecular flexibility index (Phi) is 4.07. The molecule has 0 radical (unpaired) electrons. The lowest BCUT2D eigenvalue weighted by atomic mass is 10.1. The van der Waals surface area contributed by atoms with Crippen LogP contribution in [0.25, 0.3) is 0 Å². The van der Waals surface area contributed by atoms with E-state index >= 15 is 0 Å². The molecule has 98 valence electrons. The minimum absolute atomic E-state index is 0.300. The van der Waals surface area contributed by atoms with Gasteiger partial charge in [0.2, 0.25) is 0 Å². The standard InChI is InChI=1S/C16H25NSi/c1-12-11-15(17-14(3)13(12)2)9-10-18(7,8)16(4,5)6/h11H,1-8H3. The van der Waals surface area contributed by atoms with E-state index in [1.54, 1.807) is 0 Å². The predicted molar refractivity (Wildman–Crippen MR) is 82.5 cm³/mol. The first-order valence-electron chi connectivity index (χ1n) is 6.52. The Hall–Kier alpha value is -1.07. The maximum atomic E-state index is 4.57. The fourth-order valence-corrected chi connectivity index (χ4v) is 2.18. The van der Waals surface area contributed by atoms with Gasteiger partial charge in [-0.05, 0) is 43.0 Å². The summed E-state index contributed by atoms with van der Waals surface area (Å²) in [7, 11) is -1.54. The maximum Gasteiger partial charge on any atom is 0.138 e. The predicted octanol–water partition coefficient (Wildman–Crippen LogP) is 4.41. The van der Waals surface area contributed by atoms with Crippen LogP contribution in [0.4, 0.5) is 0 Å². The van der Waals surface area contributed by atoms with Crippen molar-refractivity contribution in [2.45, 2.75) is 59.7 Å². The molecule has 0 aromatic carbocycles. The number of rotatable bonds is 0. The van der Waals surface area contributed by atoms with Gasteiger partial charge in [0.1, 0.15) is 13.8 Å². The van der Waals surface area contributed by atoms with Gasteiger partial charge in [0.15, 0.2) is 0 Å². The molecule has 0 spiro atoms. The SMILES string of the molecule is Cc1cc(C#C[Si](C)(C)C(C)(C)C)nc(C)c1C. The van der Waals surface area contributed by atoms with Crippen LogP contribution in [-0.2, 0) is 0 Å². The highest BCUT2D eigenvalue weighted by Gasteiger charge is 2.33. The van der Waals surface area contributed by atoms with Gasteiger partial charge >= 0.3 is 0 Å². The van der Waals surface area contributed by atoms with Gasteiger partial charge in [-0.15, -0.1) is 5.54 Å². The molecule has 0 aliphatic carbocycles. The third-order valence-electron chi connectivity index (χ3n) is 4.15. The molecule has 1 heterocycles. The fraction of sp³-hybridized carbons (Fsp3) is 0.562. The molecule has 0 unspecified atom stereocenters. The van der Waals surface area contributed by atoms with Crippen LogP contribution in [0.3, 0.4) is 0 Å². The lowest BCUT2D eigenvalue weighted by Gasteiger charge is -2.31. The van der Waals surface area contributed by atoms with E-state index in [1.807, 2.05) is 0 Å². The van der Waals surface area contributed by atoms with Crippen LogP contribution >= 0.6 is 0 Å². The molecule has 1 rings (SSSR count). The first-order valence-corrected chi connectivity index (χ1v) is 9.52. The molecule has 1 aromatic rings. The van der Waals surface area contributed by atoms with Crippen molar-refractivity contribution in [1.29, 1.82) is 0 Å². The Bertz CT molecular complexity index is 487. The van der Waals surface area contributed by atoms with Crippen LogP contribution in [0, 0.1) is 32.2 Å².